The summed E-state index contributed by atoms with van der Waals surface area (Å²) in [5, 5.41) is 2.75. The van der Waals surface area contributed by atoms with Crippen molar-refractivity contribution in [2.45, 2.75) is 0 Å². The Kier molecular flexibility index (Phi) is 5.39. The molecule has 0 aliphatic carbocycles. The van der Waals surface area contributed by atoms with Crippen LogP contribution in [0.5, 0.6) is 0 Å². The van der Waals surface area contributed by atoms with E-state index in [-0.39, 0.29) is 24.3 Å². The summed E-state index contributed by atoms with van der Waals surface area (Å²) in [6.45, 7) is 2.44. The lowest BCUT2D eigenvalue weighted by Crippen LogP contribution is -2.52. The van der Waals surface area contributed by atoms with Crippen molar-refractivity contribution in [1.29, 1.82) is 0 Å². The first-order valence-corrected chi connectivity index (χ1v) is 9.34. The van der Waals surface area contributed by atoms with Crippen molar-refractivity contribution in [2.24, 2.45) is 0 Å². The number of benzene rings is 2. The molecular formula is C20H21FN6O2. The van der Waals surface area contributed by atoms with Gasteiger partial charge in [0.05, 0.1) is 17.6 Å². The number of carbonyl (C=O) groups is 2. The van der Waals surface area contributed by atoms with Crippen molar-refractivity contribution in [3.8, 4) is 0 Å². The Labute approximate surface area is 166 Å². The van der Waals surface area contributed by atoms with E-state index < -0.39 is 0 Å². The second-order valence-corrected chi connectivity index (χ2v) is 6.84. The summed E-state index contributed by atoms with van der Waals surface area (Å²) < 4.78 is 14.5. The van der Waals surface area contributed by atoms with Crippen LogP contribution in [-0.4, -0.2) is 64.1 Å². The van der Waals surface area contributed by atoms with Crippen molar-refractivity contribution in [1.82, 2.24) is 19.5 Å². The van der Waals surface area contributed by atoms with Gasteiger partial charge in [-0.25, -0.2) is 24.3 Å². The monoisotopic (exact) mass is 396 g/mol. The fourth-order valence-corrected chi connectivity index (χ4v) is 3.27. The van der Waals surface area contributed by atoms with Gasteiger partial charge in [-0.15, -0.1) is 0 Å². The van der Waals surface area contributed by atoms with Gasteiger partial charge in [0.15, 0.2) is 0 Å². The number of imidazole rings is 1. The minimum Gasteiger partial charge on any atom is -0.325 e. The van der Waals surface area contributed by atoms with E-state index in [9.17, 15) is 14.0 Å². The van der Waals surface area contributed by atoms with Gasteiger partial charge in [-0.2, -0.15) is 0 Å². The first kappa shape index (κ1) is 18.9. The maximum absolute atomic E-state index is 12.9. The number of nitrogens with zero attached hydrogens (tertiary/aromatic N) is 4. The molecule has 9 heteroatoms. The average Bonchev–Trinajstić information content (AvgIpc) is 3.13. The van der Waals surface area contributed by atoms with Crippen LogP contribution >= 0.6 is 0 Å². The summed E-state index contributed by atoms with van der Waals surface area (Å²) in [7, 11) is 0. The van der Waals surface area contributed by atoms with Crippen LogP contribution in [0.2, 0.25) is 0 Å². The number of carbonyl (C=O) groups excluding carboxylic acids is 2. The van der Waals surface area contributed by atoms with Gasteiger partial charge in [0.25, 0.3) is 0 Å². The molecule has 0 spiro atoms. The molecule has 3 amide bonds. The van der Waals surface area contributed by atoms with Crippen LogP contribution in [0.25, 0.3) is 11.0 Å². The number of aromatic nitrogens is 2. The highest BCUT2D eigenvalue weighted by molar-refractivity contribution is 5.92. The third-order valence-corrected chi connectivity index (χ3v) is 4.82. The first-order chi connectivity index (χ1) is 14.1. The van der Waals surface area contributed by atoms with E-state index in [1.165, 1.54) is 24.3 Å². The minimum absolute atomic E-state index is 0.167. The van der Waals surface area contributed by atoms with Gasteiger partial charge in [0.2, 0.25) is 5.91 Å². The highest BCUT2D eigenvalue weighted by atomic mass is 19.1. The Hall–Kier alpha value is -3.46. The summed E-state index contributed by atoms with van der Waals surface area (Å²) in [6.07, 6.45) is 1.58. The van der Waals surface area contributed by atoms with Crippen LogP contribution in [0.15, 0.2) is 54.9 Å². The van der Waals surface area contributed by atoms with Crippen LogP contribution in [0.1, 0.15) is 0 Å². The van der Waals surface area contributed by atoms with E-state index in [0.29, 0.717) is 31.9 Å². The Bertz CT molecular complexity index is 1010. The van der Waals surface area contributed by atoms with Crippen molar-refractivity contribution in [3.05, 3.63) is 60.7 Å². The molecule has 1 aromatic heterocycles. The number of para-hydroxylation sites is 2. The molecule has 1 fully saturated rings. The molecule has 2 N–H and O–H groups in total. The Morgan fingerprint density at radius 2 is 1.72 bits per heavy atom. The number of hydrogen-bond donors (Lipinski definition) is 2. The maximum Gasteiger partial charge on any atom is 0.336 e. The quantitative estimate of drug-likeness (QED) is 0.708. The molecule has 2 aromatic carbocycles. The van der Waals surface area contributed by atoms with Crippen molar-refractivity contribution < 1.29 is 14.0 Å². The van der Waals surface area contributed by atoms with Gasteiger partial charge < -0.3 is 10.2 Å². The molecule has 4 rings (SSSR count). The summed E-state index contributed by atoms with van der Waals surface area (Å²) in [5.41, 5.74) is 5.04. The molecule has 29 heavy (non-hydrogen) atoms. The van der Waals surface area contributed by atoms with Gasteiger partial charge >= 0.3 is 6.03 Å². The number of halogens is 1. The molecule has 150 valence electrons. The largest absolute Gasteiger partial charge is 0.336 e. The highest BCUT2D eigenvalue weighted by Gasteiger charge is 2.23. The van der Waals surface area contributed by atoms with E-state index in [1.54, 1.807) is 15.9 Å². The molecule has 2 heterocycles. The molecule has 8 nitrogen and oxygen atoms in total. The third-order valence-electron chi connectivity index (χ3n) is 4.82. The van der Waals surface area contributed by atoms with Gasteiger partial charge in [-0.3, -0.25) is 9.69 Å². The third kappa shape index (κ3) is 4.52. The number of nitrogens with one attached hydrogen (secondary N) is 2. The van der Waals surface area contributed by atoms with Crippen molar-refractivity contribution >= 4 is 28.7 Å². The zero-order valence-electron chi connectivity index (χ0n) is 15.7. The fourth-order valence-electron chi connectivity index (χ4n) is 3.27. The minimum atomic E-state index is -0.346. The van der Waals surface area contributed by atoms with Crippen LogP contribution in [0.3, 0.4) is 0 Å². The molecule has 1 aliphatic rings. The van der Waals surface area contributed by atoms with Crippen LogP contribution in [-0.2, 0) is 4.79 Å². The van der Waals surface area contributed by atoms with E-state index in [1.807, 2.05) is 29.2 Å². The summed E-state index contributed by atoms with van der Waals surface area (Å²) in [5.74, 6) is -0.513. The van der Waals surface area contributed by atoms with Gasteiger partial charge in [0.1, 0.15) is 12.1 Å². The van der Waals surface area contributed by atoms with Crippen LogP contribution < -0.4 is 10.7 Å². The smallest absolute Gasteiger partial charge is 0.325 e. The van der Waals surface area contributed by atoms with Crippen molar-refractivity contribution in [3.63, 3.8) is 0 Å². The van der Waals surface area contributed by atoms with E-state index in [2.05, 4.69) is 15.7 Å². The molecule has 0 unspecified atom stereocenters. The first-order valence-electron chi connectivity index (χ1n) is 9.34. The molecule has 1 aliphatic heterocycles. The topological polar surface area (TPSA) is 82.5 Å². The molecular weight excluding hydrogens is 375 g/mol. The van der Waals surface area contributed by atoms with Gasteiger partial charge in [0, 0.05) is 31.9 Å². The molecule has 1 saturated heterocycles. The lowest BCUT2D eigenvalue weighted by molar-refractivity contribution is -0.117. The number of amides is 3. The van der Waals surface area contributed by atoms with E-state index >= 15 is 0 Å². The molecule has 3 aromatic rings. The Morgan fingerprint density at radius 3 is 2.48 bits per heavy atom. The van der Waals surface area contributed by atoms with Gasteiger partial charge in [-0.1, -0.05) is 12.1 Å². The summed E-state index contributed by atoms with van der Waals surface area (Å²) in [6, 6.07) is 13.0. The molecule has 0 bridgehead atoms. The van der Waals surface area contributed by atoms with Gasteiger partial charge in [-0.05, 0) is 36.4 Å². The predicted octanol–water partition coefficient (Wildman–Crippen LogP) is 2.10. The average molecular weight is 396 g/mol. The second kappa shape index (κ2) is 8.27. The zero-order valence-corrected chi connectivity index (χ0v) is 15.7. The lowest BCUT2D eigenvalue weighted by Gasteiger charge is -2.34. The zero-order chi connectivity index (χ0) is 20.2. The number of urea groups is 1. The second-order valence-electron chi connectivity index (χ2n) is 6.84. The highest BCUT2D eigenvalue weighted by Crippen LogP contribution is 2.11. The predicted molar refractivity (Wildman–Crippen MR) is 108 cm³/mol. The standard InChI is InChI=1S/C20H21FN6O2/c21-15-5-7-16(8-6-15)23-19(28)13-25-9-11-26(12-10-25)20(29)24-27-14-22-17-3-1-2-4-18(17)27/h1-8,14H,9-13H2,(H,23,28)(H,24,29). The maximum atomic E-state index is 12.9. The van der Waals surface area contributed by atoms with E-state index in [0.717, 1.165) is 11.0 Å². The number of hydrogen-bond acceptors (Lipinski definition) is 4. The lowest BCUT2D eigenvalue weighted by atomic mass is 10.3. The molecule has 0 radical (unpaired) electrons. The Morgan fingerprint density at radius 1 is 1.00 bits per heavy atom. The SMILES string of the molecule is O=C(CN1CCN(C(=O)Nn2cnc3ccccc32)CC1)Nc1ccc(F)cc1. The van der Waals surface area contributed by atoms with Crippen LogP contribution in [0.4, 0.5) is 14.9 Å². The number of rotatable bonds is 4. The summed E-state index contributed by atoms with van der Waals surface area (Å²) in [4.78, 5) is 32.7. The van der Waals surface area contributed by atoms with Crippen LogP contribution in [0, 0.1) is 5.82 Å². The number of fused-ring (bicyclic) bond motifs is 1. The van der Waals surface area contributed by atoms with E-state index in [4.69, 9.17) is 0 Å². The Balaban J connectivity index is 1.26. The molecule has 0 saturated carbocycles. The van der Waals surface area contributed by atoms with Crippen molar-refractivity contribution in [2.75, 3.05) is 43.5 Å². The normalized spacial score (nSPS) is 14.7. The fraction of sp³-hybridized carbons (Fsp3) is 0.250. The molecule has 0 atom stereocenters. The summed E-state index contributed by atoms with van der Waals surface area (Å²) >= 11 is 0. The number of anilines is 1. The number of piperazine rings is 1.